The standard InChI is InChI=1S/C14H13N5O2S/c1-7-5-11(10(6-12(7)21)16-9(3)20)17-18-14-13(15-4)8(2)19-22-14/h5-6,21H,1-3H3,(H,16,20). The van der Waals surface area contributed by atoms with Gasteiger partial charge in [0.1, 0.15) is 11.4 Å². The van der Waals surface area contributed by atoms with Gasteiger partial charge in [-0.1, -0.05) is 0 Å². The number of anilines is 1. The van der Waals surface area contributed by atoms with Gasteiger partial charge in [0, 0.05) is 13.0 Å². The first kappa shape index (κ1) is 15.6. The number of amides is 1. The maximum Gasteiger partial charge on any atom is 0.247 e. The topological polar surface area (TPSA) is 91.3 Å². The second-order valence-electron chi connectivity index (χ2n) is 4.57. The number of phenols is 1. The van der Waals surface area contributed by atoms with E-state index in [0.717, 1.165) is 11.5 Å². The molecule has 0 bridgehead atoms. The number of hydrogen-bond donors (Lipinski definition) is 2. The molecule has 1 aromatic heterocycles. The van der Waals surface area contributed by atoms with Crippen LogP contribution in [0.5, 0.6) is 5.75 Å². The van der Waals surface area contributed by atoms with Gasteiger partial charge in [-0.25, -0.2) is 9.22 Å². The smallest absolute Gasteiger partial charge is 0.247 e. The van der Waals surface area contributed by atoms with Gasteiger partial charge in [-0.05, 0) is 37.0 Å². The molecule has 112 valence electrons. The van der Waals surface area contributed by atoms with Gasteiger partial charge < -0.3 is 10.4 Å². The highest BCUT2D eigenvalue weighted by Crippen LogP contribution is 2.38. The summed E-state index contributed by atoms with van der Waals surface area (Å²) in [4.78, 5) is 14.6. The largest absolute Gasteiger partial charge is 0.508 e. The third kappa shape index (κ3) is 3.27. The number of carbonyl (C=O) groups is 1. The summed E-state index contributed by atoms with van der Waals surface area (Å²) in [5.41, 5.74) is 2.33. The van der Waals surface area contributed by atoms with E-state index in [9.17, 15) is 9.90 Å². The number of carbonyl (C=O) groups excluding carboxylic acids is 1. The van der Waals surface area contributed by atoms with Gasteiger partial charge in [0.25, 0.3) is 0 Å². The summed E-state index contributed by atoms with van der Waals surface area (Å²) in [6.45, 7) is 11.9. The van der Waals surface area contributed by atoms with Gasteiger partial charge in [0.2, 0.25) is 11.6 Å². The fourth-order valence-electron chi connectivity index (χ4n) is 1.70. The summed E-state index contributed by atoms with van der Waals surface area (Å²) in [5, 5.41) is 20.9. The average molecular weight is 315 g/mol. The van der Waals surface area contributed by atoms with Gasteiger partial charge in [-0.2, -0.15) is 0 Å². The Labute approximate surface area is 131 Å². The number of benzene rings is 1. The molecular weight excluding hydrogens is 302 g/mol. The van der Waals surface area contributed by atoms with E-state index in [0.29, 0.717) is 33.3 Å². The highest BCUT2D eigenvalue weighted by molar-refractivity contribution is 7.10. The molecule has 2 aromatic rings. The lowest BCUT2D eigenvalue weighted by Gasteiger charge is -2.08. The molecule has 7 nitrogen and oxygen atoms in total. The molecule has 0 spiro atoms. The van der Waals surface area contributed by atoms with Crippen LogP contribution in [0.25, 0.3) is 4.85 Å². The molecule has 1 aromatic carbocycles. The first-order valence-corrected chi connectivity index (χ1v) is 7.06. The quantitative estimate of drug-likeness (QED) is 0.650. The van der Waals surface area contributed by atoms with Crippen molar-refractivity contribution in [1.82, 2.24) is 4.37 Å². The van der Waals surface area contributed by atoms with Crippen LogP contribution in [0, 0.1) is 20.4 Å². The Bertz CT molecular complexity index is 804. The zero-order valence-electron chi connectivity index (χ0n) is 12.2. The lowest BCUT2D eigenvalue weighted by Crippen LogP contribution is -2.05. The van der Waals surface area contributed by atoms with Crippen LogP contribution in [-0.4, -0.2) is 15.4 Å². The summed E-state index contributed by atoms with van der Waals surface area (Å²) in [7, 11) is 0. The molecule has 0 aliphatic heterocycles. The van der Waals surface area contributed by atoms with E-state index in [1.165, 1.54) is 13.0 Å². The predicted octanol–water partition coefficient (Wildman–Crippen LogP) is 4.39. The number of phenolic OH excluding ortho intramolecular Hbond substituents is 1. The van der Waals surface area contributed by atoms with Crippen molar-refractivity contribution in [3.05, 3.63) is 34.8 Å². The van der Waals surface area contributed by atoms with Crippen LogP contribution < -0.4 is 5.32 Å². The van der Waals surface area contributed by atoms with Crippen LogP contribution in [-0.2, 0) is 4.79 Å². The highest BCUT2D eigenvalue weighted by atomic mass is 32.1. The van der Waals surface area contributed by atoms with Crippen molar-refractivity contribution in [2.24, 2.45) is 10.2 Å². The fourth-order valence-corrected chi connectivity index (χ4v) is 2.37. The second-order valence-corrected chi connectivity index (χ2v) is 5.32. The van der Waals surface area contributed by atoms with E-state index in [1.54, 1.807) is 19.9 Å². The molecule has 1 heterocycles. The molecule has 2 rings (SSSR count). The minimum Gasteiger partial charge on any atom is -0.508 e. The Morgan fingerprint density at radius 2 is 2.14 bits per heavy atom. The number of hydrogen-bond acceptors (Lipinski definition) is 6. The molecule has 8 heteroatoms. The monoisotopic (exact) mass is 315 g/mol. The molecule has 2 N–H and O–H groups in total. The van der Waals surface area contributed by atoms with Crippen LogP contribution in [0.3, 0.4) is 0 Å². The molecule has 1 amide bonds. The van der Waals surface area contributed by atoms with Crippen molar-refractivity contribution >= 4 is 39.5 Å². The number of aryl methyl sites for hydroxylation is 2. The van der Waals surface area contributed by atoms with Crippen molar-refractivity contribution < 1.29 is 9.90 Å². The number of aromatic hydroxyl groups is 1. The molecule has 0 unspecified atom stereocenters. The van der Waals surface area contributed by atoms with Crippen LogP contribution in [0.4, 0.5) is 22.1 Å². The number of nitrogens with one attached hydrogen (secondary N) is 1. The first-order chi connectivity index (χ1) is 10.4. The number of rotatable bonds is 3. The van der Waals surface area contributed by atoms with E-state index >= 15 is 0 Å². The molecule has 0 fully saturated rings. The lowest BCUT2D eigenvalue weighted by molar-refractivity contribution is -0.114. The zero-order chi connectivity index (χ0) is 16.3. The molecule has 0 aliphatic rings. The Morgan fingerprint density at radius 1 is 1.41 bits per heavy atom. The van der Waals surface area contributed by atoms with Crippen molar-refractivity contribution in [2.45, 2.75) is 20.8 Å². The van der Waals surface area contributed by atoms with Crippen LogP contribution >= 0.6 is 11.5 Å². The van der Waals surface area contributed by atoms with Gasteiger partial charge >= 0.3 is 0 Å². The molecule has 0 saturated heterocycles. The normalized spacial score (nSPS) is 10.6. The molecule has 0 atom stereocenters. The third-order valence-corrected chi connectivity index (χ3v) is 3.61. The lowest BCUT2D eigenvalue weighted by atomic mass is 10.1. The van der Waals surface area contributed by atoms with Gasteiger partial charge in [-0.15, -0.1) is 10.2 Å². The van der Waals surface area contributed by atoms with Crippen molar-refractivity contribution in [1.29, 1.82) is 0 Å². The molecule has 0 saturated carbocycles. The van der Waals surface area contributed by atoms with E-state index in [1.807, 2.05) is 0 Å². The van der Waals surface area contributed by atoms with Crippen molar-refractivity contribution in [2.75, 3.05) is 5.32 Å². The summed E-state index contributed by atoms with van der Waals surface area (Å²) in [5.74, 6) is -0.228. The van der Waals surface area contributed by atoms with E-state index < -0.39 is 0 Å². The first-order valence-electron chi connectivity index (χ1n) is 6.29. The maximum atomic E-state index is 11.2. The SMILES string of the molecule is [C-]#[N+]c1c(C)nsc1N=Nc1cc(C)c(O)cc1NC(C)=O. The Hall–Kier alpha value is -2.79. The molecule has 0 radical (unpaired) electrons. The van der Waals surface area contributed by atoms with E-state index in [2.05, 4.69) is 24.8 Å². The van der Waals surface area contributed by atoms with Crippen LogP contribution in [0.1, 0.15) is 18.2 Å². The second kappa shape index (κ2) is 6.32. The Morgan fingerprint density at radius 3 is 2.77 bits per heavy atom. The third-order valence-electron chi connectivity index (χ3n) is 2.80. The maximum absolute atomic E-state index is 11.2. The fraction of sp³-hybridized carbons (Fsp3) is 0.214. The minimum atomic E-state index is -0.282. The van der Waals surface area contributed by atoms with Crippen LogP contribution in [0.2, 0.25) is 0 Å². The van der Waals surface area contributed by atoms with Gasteiger partial charge in [0.15, 0.2) is 5.00 Å². The average Bonchev–Trinajstić information content (AvgIpc) is 2.80. The predicted molar refractivity (Wildman–Crippen MR) is 84.4 cm³/mol. The van der Waals surface area contributed by atoms with E-state index in [-0.39, 0.29) is 11.7 Å². The molecule has 22 heavy (non-hydrogen) atoms. The van der Waals surface area contributed by atoms with Crippen molar-refractivity contribution in [3.8, 4) is 5.75 Å². The molecular formula is C14H13N5O2S. The Balaban J connectivity index is 2.43. The molecule has 0 aliphatic carbocycles. The van der Waals surface area contributed by atoms with Crippen molar-refractivity contribution in [3.63, 3.8) is 0 Å². The summed E-state index contributed by atoms with van der Waals surface area (Å²) in [6, 6.07) is 3.02. The Kier molecular flexibility index (Phi) is 4.48. The highest BCUT2D eigenvalue weighted by Gasteiger charge is 2.11. The number of nitrogens with zero attached hydrogens (tertiary/aromatic N) is 4. The minimum absolute atomic E-state index is 0.0539. The van der Waals surface area contributed by atoms with E-state index in [4.69, 9.17) is 6.57 Å². The van der Waals surface area contributed by atoms with Gasteiger partial charge in [-0.3, -0.25) is 4.79 Å². The summed E-state index contributed by atoms with van der Waals surface area (Å²) in [6.07, 6.45) is 0. The summed E-state index contributed by atoms with van der Waals surface area (Å²) >= 11 is 1.09. The van der Waals surface area contributed by atoms with Crippen LogP contribution in [0.15, 0.2) is 22.4 Å². The zero-order valence-corrected chi connectivity index (χ0v) is 13.0. The summed E-state index contributed by atoms with van der Waals surface area (Å²) < 4.78 is 4.07. The number of aromatic nitrogens is 1. The van der Waals surface area contributed by atoms with Gasteiger partial charge in [0.05, 0.1) is 18.0 Å². The number of azo groups is 1.